The number of rotatable bonds is 2. The molecule has 16 heavy (non-hydrogen) atoms. The van der Waals surface area contributed by atoms with E-state index in [1.165, 1.54) is 0 Å². The standard InChI is InChI=1S/C9H9F3O4/c1-15-5(13)7-3-8(4(7)10,6(14)16-2)9(7,11)12/h4H,3H2,1-2H3/t4?,7-,8+. The van der Waals surface area contributed by atoms with Gasteiger partial charge in [-0.2, -0.15) is 0 Å². The fourth-order valence-corrected chi connectivity index (χ4v) is 2.63. The molecule has 0 saturated heterocycles. The average molecular weight is 238 g/mol. The minimum atomic E-state index is -3.74. The number of carbonyl (C=O) groups is 2. The van der Waals surface area contributed by atoms with Crippen molar-refractivity contribution in [1.29, 1.82) is 0 Å². The van der Waals surface area contributed by atoms with Crippen molar-refractivity contribution in [2.24, 2.45) is 10.8 Å². The zero-order valence-corrected chi connectivity index (χ0v) is 8.55. The molecule has 0 N–H and O–H groups in total. The number of ether oxygens (including phenoxy) is 2. The van der Waals surface area contributed by atoms with Gasteiger partial charge in [0.15, 0.2) is 10.8 Å². The minimum absolute atomic E-state index is 0.562. The summed E-state index contributed by atoms with van der Waals surface area (Å²) in [6.45, 7) is 0. The Morgan fingerprint density at radius 1 is 1.12 bits per heavy atom. The summed E-state index contributed by atoms with van der Waals surface area (Å²) in [5.74, 6) is -6.38. The molecule has 7 heteroatoms. The molecule has 0 aromatic heterocycles. The summed E-state index contributed by atoms with van der Waals surface area (Å²) < 4.78 is 49.0. The molecule has 3 saturated carbocycles. The van der Waals surface area contributed by atoms with E-state index in [-0.39, 0.29) is 0 Å². The van der Waals surface area contributed by atoms with Crippen molar-refractivity contribution < 1.29 is 32.2 Å². The maximum atomic E-state index is 13.6. The summed E-state index contributed by atoms with van der Waals surface area (Å²) in [6.07, 6.45) is -2.80. The van der Waals surface area contributed by atoms with E-state index in [0.29, 0.717) is 0 Å². The van der Waals surface area contributed by atoms with Crippen molar-refractivity contribution in [1.82, 2.24) is 0 Å². The number of hydrogen-bond acceptors (Lipinski definition) is 4. The van der Waals surface area contributed by atoms with Crippen LogP contribution in [-0.2, 0) is 19.1 Å². The zero-order chi connectivity index (χ0) is 12.4. The van der Waals surface area contributed by atoms with Crippen LogP contribution in [-0.4, -0.2) is 38.3 Å². The molecule has 3 rings (SSSR count). The lowest BCUT2D eigenvalue weighted by Gasteiger charge is -2.72. The van der Waals surface area contributed by atoms with Crippen LogP contribution in [0.1, 0.15) is 6.42 Å². The minimum Gasteiger partial charge on any atom is -0.468 e. The first-order valence-electron chi connectivity index (χ1n) is 4.51. The van der Waals surface area contributed by atoms with Crippen molar-refractivity contribution in [3.8, 4) is 0 Å². The van der Waals surface area contributed by atoms with E-state index < -0.39 is 41.3 Å². The largest absolute Gasteiger partial charge is 0.468 e. The predicted octanol–water partition coefficient (Wildman–Crippen LogP) is 0.696. The van der Waals surface area contributed by atoms with Crippen molar-refractivity contribution in [2.45, 2.75) is 18.5 Å². The second kappa shape index (κ2) is 2.70. The molecule has 0 aromatic carbocycles. The number of alkyl halides is 3. The van der Waals surface area contributed by atoms with Crippen LogP contribution in [0.2, 0.25) is 0 Å². The van der Waals surface area contributed by atoms with E-state index >= 15 is 0 Å². The van der Waals surface area contributed by atoms with Gasteiger partial charge in [0.2, 0.25) is 0 Å². The number of methoxy groups -OCH3 is 2. The summed E-state index contributed by atoms with van der Waals surface area (Å²) in [5, 5.41) is 0. The molecular weight excluding hydrogens is 229 g/mol. The van der Waals surface area contributed by atoms with Gasteiger partial charge in [-0.1, -0.05) is 0 Å². The second-order valence-electron chi connectivity index (χ2n) is 4.04. The Balaban J connectivity index is 2.36. The fraction of sp³-hybridized carbons (Fsp3) is 0.778. The van der Waals surface area contributed by atoms with Crippen LogP contribution >= 0.6 is 0 Å². The molecule has 90 valence electrons. The van der Waals surface area contributed by atoms with Crippen molar-refractivity contribution in [2.75, 3.05) is 14.2 Å². The third-order valence-electron chi connectivity index (χ3n) is 3.64. The summed E-state index contributed by atoms with van der Waals surface area (Å²) in [6, 6.07) is 0. The Morgan fingerprint density at radius 3 is 1.69 bits per heavy atom. The Bertz CT molecular complexity index is 351. The van der Waals surface area contributed by atoms with E-state index in [4.69, 9.17) is 0 Å². The van der Waals surface area contributed by atoms with Crippen LogP contribution in [0.15, 0.2) is 0 Å². The summed E-state index contributed by atoms with van der Waals surface area (Å²) >= 11 is 0. The van der Waals surface area contributed by atoms with Gasteiger partial charge in [0.25, 0.3) is 5.92 Å². The topological polar surface area (TPSA) is 52.6 Å². The predicted molar refractivity (Wildman–Crippen MR) is 43.4 cm³/mol. The molecule has 3 aliphatic rings. The quantitative estimate of drug-likeness (QED) is 0.664. The van der Waals surface area contributed by atoms with Crippen molar-refractivity contribution >= 4 is 11.9 Å². The van der Waals surface area contributed by atoms with Gasteiger partial charge in [0.1, 0.15) is 6.17 Å². The molecule has 0 heterocycles. The summed E-state index contributed by atoms with van der Waals surface area (Å²) in [7, 11) is 1.80. The first-order valence-corrected chi connectivity index (χ1v) is 4.51. The number of esters is 2. The third-order valence-corrected chi connectivity index (χ3v) is 3.64. The van der Waals surface area contributed by atoms with Crippen molar-refractivity contribution in [3.05, 3.63) is 0 Å². The molecule has 0 amide bonds. The maximum absolute atomic E-state index is 13.6. The Hall–Kier alpha value is -1.27. The molecule has 0 aliphatic heterocycles. The highest BCUT2D eigenvalue weighted by Gasteiger charge is 3.02. The highest BCUT2D eigenvalue weighted by atomic mass is 19.3. The summed E-state index contributed by atoms with van der Waals surface area (Å²) in [5.41, 5.74) is -4.98. The lowest BCUT2D eigenvalue weighted by molar-refractivity contribution is -0.422. The van der Waals surface area contributed by atoms with Gasteiger partial charge in [-0.15, -0.1) is 0 Å². The van der Waals surface area contributed by atoms with Gasteiger partial charge in [-0.25, -0.2) is 13.2 Å². The Morgan fingerprint density at radius 2 is 1.50 bits per heavy atom. The molecule has 0 aromatic rings. The number of hydrogen-bond donors (Lipinski definition) is 0. The van der Waals surface area contributed by atoms with Crippen molar-refractivity contribution in [3.63, 3.8) is 0 Å². The molecular formula is C9H9F3O4. The highest BCUT2D eigenvalue weighted by molar-refractivity contribution is 5.96. The van der Waals surface area contributed by atoms with Gasteiger partial charge in [0, 0.05) is 0 Å². The van der Waals surface area contributed by atoms with Gasteiger partial charge in [-0.3, -0.25) is 9.59 Å². The van der Waals surface area contributed by atoms with E-state index in [0.717, 1.165) is 14.2 Å². The first kappa shape index (κ1) is 11.2. The molecule has 3 aliphatic carbocycles. The summed E-state index contributed by atoms with van der Waals surface area (Å²) in [4.78, 5) is 22.3. The monoisotopic (exact) mass is 238 g/mol. The number of halogens is 3. The average Bonchev–Trinajstić information content (AvgIpc) is 2.25. The van der Waals surface area contributed by atoms with E-state index in [2.05, 4.69) is 9.47 Å². The van der Waals surface area contributed by atoms with Crippen LogP contribution in [0.4, 0.5) is 13.2 Å². The highest BCUT2D eigenvalue weighted by Crippen LogP contribution is 2.83. The fourth-order valence-electron chi connectivity index (χ4n) is 2.63. The molecule has 0 spiro atoms. The van der Waals surface area contributed by atoms with Crippen LogP contribution in [0.5, 0.6) is 0 Å². The smallest absolute Gasteiger partial charge is 0.321 e. The van der Waals surface area contributed by atoms with Gasteiger partial charge in [-0.05, 0) is 6.42 Å². The van der Waals surface area contributed by atoms with E-state index in [9.17, 15) is 22.8 Å². The van der Waals surface area contributed by atoms with Gasteiger partial charge < -0.3 is 9.47 Å². The molecule has 0 radical (unpaired) electrons. The number of carbonyl (C=O) groups excluding carboxylic acids is 2. The molecule has 1 unspecified atom stereocenters. The van der Waals surface area contributed by atoms with Crippen LogP contribution < -0.4 is 0 Å². The van der Waals surface area contributed by atoms with E-state index in [1.807, 2.05) is 0 Å². The maximum Gasteiger partial charge on any atom is 0.321 e. The normalized spacial score (nSPS) is 42.7. The lowest BCUT2D eigenvalue weighted by atomic mass is 9.30. The molecule has 3 fully saturated rings. The van der Waals surface area contributed by atoms with E-state index in [1.54, 1.807) is 0 Å². The first-order chi connectivity index (χ1) is 7.32. The Labute approximate surface area is 88.7 Å². The van der Waals surface area contributed by atoms with Crippen LogP contribution in [0.25, 0.3) is 0 Å². The molecule has 4 nitrogen and oxygen atoms in total. The Kier molecular flexibility index (Phi) is 1.89. The van der Waals surface area contributed by atoms with Crippen LogP contribution in [0.3, 0.4) is 0 Å². The zero-order valence-electron chi connectivity index (χ0n) is 8.55. The second-order valence-corrected chi connectivity index (χ2v) is 4.04. The van der Waals surface area contributed by atoms with Gasteiger partial charge in [0.05, 0.1) is 14.2 Å². The third kappa shape index (κ3) is 0.681. The van der Waals surface area contributed by atoms with Crippen LogP contribution in [0, 0.1) is 10.8 Å². The SMILES string of the molecule is COC(=O)[C@@]12C[C@@](C(=O)OC)(C1F)C2(F)F. The van der Waals surface area contributed by atoms with Gasteiger partial charge >= 0.3 is 11.9 Å². The lowest BCUT2D eigenvalue weighted by Crippen LogP contribution is -2.91. The molecule has 3 atom stereocenters. The molecule has 2 bridgehead atoms.